The van der Waals surface area contributed by atoms with Gasteiger partial charge in [-0.25, -0.2) is 4.79 Å². The highest BCUT2D eigenvalue weighted by Crippen LogP contribution is 2.34. The van der Waals surface area contributed by atoms with Crippen LogP contribution < -0.4 is 0 Å². The summed E-state index contributed by atoms with van der Waals surface area (Å²) in [6.45, 7) is 3.62. The molecule has 2 saturated heterocycles. The molecule has 3 heterocycles. The van der Waals surface area contributed by atoms with Gasteiger partial charge in [0.1, 0.15) is 11.4 Å². The molecule has 2 aliphatic rings. The van der Waals surface area contributed by atoms with Crippen molar-refractivity contribution in [3.8, 4) is 6.07 Å². The van der Waals surface area contributed by atoms with E-state index in [4.69, 9.17) is 14.5 Å². The number of amides is 2. The van der Waals surface area contributed by atoms with E-state index in [2.05, 4.69) is 11.2 Å². The first-order chi connectivity index (χ1) is 13.5. The lowest BCUT2D eigenvalue weighted by Crippen LogP contribution is -2.48. The molecule has 0 atom stereocenters. The SMILES string of the molecule is Cc1cc(C(=O)N2CCC3(CC2)CN(Cc2cccc(C#N)c2)C(=O)O3)no1. The zero-order valence-corrected chi connectivity index (χ0v) is 15.6. The van der Waals surface area contributed by atoms with Gasteiger partial charge in [-0.2, -0.15) is 5.26 Å². The Hall–Kier alpha value is -3.34. The molecular formula is C20H20N4O4. The molecule has 2 aliphatic heterocycles. The number of carbonyl (C=O) groups is 2. The van der Waals surface area contributed by atoms with Gasteiger partial charge in [-0.15, -0.1) is 0 Å². The summed E-state index contributed by atoms with van der Waals surface area (Å²) in [6, 6.07) is 10.9. The van der Waals surface area contributed by atoms with Crippen LogP contribution in [0.3, 0.4) is 0 Å². The van der Waals surface area contributed by atoms with Crippen LogP contribution in [0.4, 0.5) is 4.79 Å². The maximum atomic E-state index is 12.5. The molecule has 8 heteroatoms. The van der Waals surface area contributed by atoms with E-state index in [1.165, 1.54) is 0 Å². The monoisotopic (exact) mass is 380 g/mol. The van der Waals surface area contributed by atoms with Crippen LogP contribution in [0.15, 0.2) is 34.9 Å². The van der Waals surface area contributed by atoms with Crippen molar-refractivity contribution in [3.05, 3.63) is 52.9 Å². The highest BCUT2D eigenvalue weighted by molar-refractivity contribution is 5.92. The number of aromatic nitrogens is 1. The van der Waals surface area contributed by atoms with E-state index in [0.29, 0.717) is 56.0 Å². The second-order valence-corrected chi connectivity index (χ2v) is 7.33. The zero-order valence-electron chi connectivity index (χ0n) is 15.6. The summed E-state index contributed by atoms with van der Waals surface area (Å²) in [4.78, 5) is 28.3. The average molecular weight is 380 g/mol. The predicted molar refractivity (Wildman–Crippen MR) is 97.2 cm³/mol. The molecule has 8 nitrogen and oxygen atoms in total. The first-order valence-corrected chi connectivity index (χ1v) is 9.18. The number of ether oxygens (including phenoxy) is 1. The van der Waals surface area contributed by atoms with Crippen molar-refractivity contribution in [2.24, 2.45) is 0 Å². The number of nitrogens with zero attached hydrogens (tertiary/aromatic N) is 4. The quantitative estimate of drug-likeness (QED) is 0.811. The number of nitriles is 1. The fourth-order valence-corrected chi connectivity index (χ4v) is 3.78. The van der Waals surface area contributed by atoms with Crippen LogP contribution >= 0.6 is 0 Å². The molecule has 2 fully saturated rings. The van der Waals surface area contributed by atoms with E-state index >= 15 is 0 Å². The van der Waals surface area contributed by atoms with Crippen LogP contribution in [0, 0.1) is 18.3 Å². The lowest BCUT2D eigenvalue weighted by Gasteiger charge is -2.37. The Morgan fingerprint density at radius 2 is 2.11 bits per heavy atom. The normalized spacial score (nSPS) is 18.2. The van der Waals surface area contributed by atoms with E-state index in [1.54, 1.807) is 41.0 Å². The largest absolute Gasteiger partial charge is 0.441 e. The van der Waals surface area contributed by atoms with E-state index < -0.39 is 5.60 Å². The second-order valence-electron chi connectivity index (χ2n) is 7.33. The molecule has 0 N–H and O–H groups in total. The van der Waals surface area contributed by atoms with Gasteiger partial charge in [0.15, 0.2) is 5.69 Å². The average Bonchev–Trinajstić information content (AvgIpc) is 3.25. The van der Waals surface area contributed by atoms with Crippen molar-refractivity contribution >= 4 is 12.0 Å². The van der Waals surface area contributed by atoms with Gasteiger partial charge in [-0.05, 0) is 24.6 Å². The minimum absolute atomic E-state index is 0.166. The van der Waals surface area contributed by atoms with Crippen molar-refractivity contribution in [3.63, 3.8) is 0 Å². The Bertz CT molecular complexity index is 953. The number of hydrogen-bond donors (Lipinski definition) is 0. The van der Waals surface area contributed by atoms with Gasteiger partial charge in [0.05, 0.1) is 18.2 Å². The zero-order chi connectivity index (χ0) is 19.7. The molecule has 28 heavy (non-hydrogen) atoms. The summed E-state index contributed by atoms with van der Waals surface area (Å²) in [6.07, 6.45) is 0.806. The molecule has 1 aromatic heterocycles. The number of hydrogen-bond acceptors (Lipinski definition) is 6. The van der Waals surface area contributed by atoms with Crippen LogP contribution in [-0.4, -0.2) is 52.2 Å². The molecule has 0 bridgehead atoms. The fraction of sp³-hybridized carbons (Fsp3) is 0.400. The van der Waals surface area contributed by atoms with Crippen LogP contribution in [0.1, 0.15) is 40.2 Å². The third kappa shape index (κ3) is 3.43. The highest BCUT2D eigenvalue weighted by Gasteiger charge is 2.47. The number of aryl methyl sites for hydroxylation is 1. The van der Waals surface area contributed by atoms with Crippen molar-refractivity contribution in [2.45, 2.75) is 31.9 Å². The predicted octanol–water partition coefficient (Wildman–Crippen LogP) is 2.48. The van der Waals surface area contributed by atoms with E-state index in [-0.39, 0.29) is 12.0 Å². The standard InChI is InChI=1S/C20H20N4O4/c1-14-9-17(22-28-14)18(25)23-7-5-20(6-8-23)13-24(19(26)27-20)12-16-4-2-3-15(10-16)11-21/h2-4,9-10H,5-8,12-13H2,1H3. The summed E-state index contributed by atoms with van der Waals surface area (Å²) >= 11 is 0. The second kappa shape index (κ2) is 7.00. The Morgan fingerprint density at radius 3 is 2.79 bits per heavy atom. The third-order valence-electron chi connectivity index (χ3n) is 5.28. The lowest BCUT2D eigenvalue weighted by molar-refractivity contribution is 0.00286. The van der Waals surface area contributed by atoms with Gasteiger partial charge in [0, 0.05) is 38.5 Å². The molecule has 1 spiro atoms. The van der Waals surface area contributed by atoms with Crippen LogP contribution in [0.5, 0.6) is 0 Å². The number of rotatable bonds is 3. The van der Waals surface area contributed by atoms with E-state index in [0.717, 1.165) is 5.56 Å². The Kier molecular flexibility index (Phi) is 4.51. The summed E-state index contributed by atoms with van der Waals surface area (Å²) in [5.41, 5.74) is 1.19. The Morgan fingerprint density at radius 1 is 1.32 bits per heavy atom. The van der Waals surface area contributed by atoms with Crippen molar-refractivity contribution in [1.82, 2.24) is 15.0 Å². The molecule has 0 aliphatic carbocycles. The van der Waals surface area contributed by atoms with Gasteiger partial charge in [-0.1, -0.05) is 17.3 Å². The minimum atomic E-state index is -0.569. The van der Waals surface area contributed by atoms with Crippen LogP contribution in [-0.2, 0) is 11.3 Å². The molecule has 0 saturated carbocycles. The summed E-state index contributed by atoms with van der Waals surface area (Å²) in [5.74, 6) is 0.429. The summed E-state index contributed by atoms with van der Waals surface area (Å²) in [7, 11) is 0. The maximum absolute atomic E-state index is 12.5. The number of benzene rings is 1. The smallest absolute Gasteiger partial charge is 0.410 e. The van der Waals surface area contributed by atoms with Crippen LogP contribution in [0.25, 0.3) is 0 Å². The number of likely N-dealkylation sites (tertiary alicyclic amines) is 1. The molecule has 0 radical (unpaired) electrons. The van der Waals surface area contributed by atoms with Gasteiger partial charge in [-0.3, -0.25) is 9.69 Å². The topological polar surface area (TPSA) is 99.7 Å². The summed E-state index contributed by atoms with van der Waals surface area (Å²) < 4.78 is 10.7. The van der Waals surface area contributed by atoms with Gasteiger partial charge < -0.3 is 14.2 Å². The van der Waals surface area contributed by atoms with Gasteiger partial charge in [0.2, 0.25) is 0 Å². The van der Waals surface area contributed by atoms with Crippen molar-refractivity contribution < 1.29 is 18.8 Å². The van der Waals surface area contributed by atoms with Crippen molar-refractivity contribution in [2.75, 3.05) is 19.6 Å². The van der Waals surface area contributed by atoms with Gasteiger partial charge in [0.25, 0.3) is 5.91 Å². The molecule has 1 aromatic carbocycles. The molecule has 0 unspecified atom stereocenters. The minimum Gasteiger partial charge on any atom is -0.441 e. The highest BCUT2D eigenvalue weighted by atomic mass is 16.6. The third-order valence-corrected chi connectivity index (χ3v) is 5.28. The lowest BCUT2D eigenvalue weighted by atomic mass is 9.91. The molecular weight excluding hydrogens is 360 g/mol. The molecule has 4 rings (SSSR count). The van der Waals surface area contributed by atoms with Crippen molar-refractivity contribution in [1.29, 1.82) is 5.26 Å². The van der Waals surface area contributed by atoms with Gasteiger partial charge >= 0.3 is 6.09 Å². The number of piperidine rings is 1. The van der Waals surface area contributed by atoms with E-state index in [9.17, 15) is 9.59 Å². The number of carbonyl (C=O) groups excluding carboxylic acids is 2. The first kappa shape index (κ1) is 18.0. The Balaban J connectivity index is 1.38. The first-order valence-electron chi connectivity index (χ1n) is 9.18. The molecule has 144 valence electrons. The van der Waals surface area contributed by atoms with Crippen LogP contribution in [0.2, 0.25) is 0 Å². The fourth-order valence-electron chi connectivity index (χ4n) is 3.78. The molecule has 2 aromatic rings. The summed E-state index contributed by atoms with van der Waals surface area (Å²) in [5, 5.41) is 12.8. The maximum Gasteiger partial charge on any atom is 0.410 e. The Labute approximate surface area is 162 Å². The molecule has 2 amide bonds. The van der Waals surface area contributed by atoms with E-state index in [1.807, 2.05) is 6.07 Å².